The normalized spacial score (nSPS) is 12.8. The SMILES string of the molecule is CCCCc1cc(NC(CC(C)C)C(=O)O)nc(-n2cnc(-c3cc4cc(C(F)(F)F)ccc4o3)c2)n1. The van der Waals surface area contributed by atoms with E-state index >= 15 is 0 Å². The summed E-state index contributed by atoms with van der Waals surface area (Å²) in [5, 5.41) is 13.0. The van der Waals surface area contributed by atoms with Crippen LogP contribution in [0.4, 0.5) is 19.0 Å². The van der Waals surface area contributed by atoms with E-state index in [9.17, 15) is 23.1 Å². The number of anilines is 1. The molecular weight excluding hydrogens is 487 g/mol. The van der Waals surface area contributed by atoms with E-state index in [0.29, 0.717) is 47.0 Å². The number of rotatable bonds is 10. The number of unbranched alkanes of at least 4 members (excludes halogenated alkanes) is 1. The van der Waals surface area contributed by atoms with Crippen LogP contribution >= 0.6 is 0 Å². The number of aromatic nitrogens is 4. The topological polar surface area (TPSA) is 106 Å². The summed E-state index contributed by atoms with van der Waals surface area (Å²) in [6, 6.07) is 5.75. The van der Waals surface area contributed by atoms with Gasteiger partial charge in [0.05, 0.1) is 5.56 Å². The molecule has 37 heavy (non-hydrogen) atoms. The minimum absolute atomic E-state index is 0.168. The second kappa shape index (κ2) is 10.6. The minimum Gasteiger partial charge on any atom is -0.480 e. The van der Waals surface area contributed by atoms with Crippen LogP contribution in [0.15, 0.2) is 47.3 Å². The Morgan fingerprint density at radius 1 is 1.19 bits per heavy atom. The summed E-state index contributed by atoms with van der Waals surface area (Å²) >= 11 is 0. The molecule has 0 bridgehead atoms. The van der Waals surface area contributed by atoms with Crippen LogP contribution in [-0.4, -0.2) is 36.6 Å². The number of aryl methyl sites for hydroxylation is 1. The Labute approximate surface area is 211 Å². The monoisotopic (exact) mass is 515 g/mol. The molecule has 1 aromatic carbocycles. The first-order valence-electron chi connectivity index (χ1n) is 12.1. The zero-order valence-electron chi connectivity index (χ0n) is 20.7. The van der Waals surface area contributed by atoms with Gasteiger partial charge in [-0.3, -0.25) is 4.57 Å². The van der Waals surface area contributed by atoms with Gasteiger partial charge in [0, 0.05) is 23.3 Å². The molecule has 4 aromatic rings. The van der Waals surface area contributed by atoms with Crippen molar-refractivity contribution in [3.63, 3.8) is 0 Å². The molecule has 0 spiro atoms. The molecule has 0 aliphatic heterocycles. The van der Waals surface area contributed by atoms with Crippen molar-refractivity contribution >= 4 is 22.8 Å². The molecule has 0 aliphatic carbocycles. The van der Waals surface area contributed by atoms with Crippen LogP contribution in [-0.2, 0) is 17.4 Å². The Morgan fingerprint density at radius 3 is 2.65 bits per heavy atom. The van der Waals surface area contributed by atoms with Crippen LogP contribution in [0.3, 0.4) is 0 Å². The van der Waals surface area contributed by atoms with Crippen LogP contribution in [0.25, 0.3) is 28.4 Å². The number of carboxylic acids is 1. The molecule has 8 nitrogen and oxygen atoms in total. The van der Waals surface area contributed by atoms with E-state index in [1.165, 1.54) is 18.5 Å². The predicted molar refractivity (Wildman–Crippen MR) is 132 cm³/mol. The maximum Gasteiger partial charge on any atom is 0.416 e. The molecule has 11 heteroatoms. The first-order chi connectivity index (χ1) is 17.5. The van der Waals surface area contributed by atoms with Crippen LogP contribution < -0.4 is 5.32 Å². The second-order valence-corrected chi connectivity index (χ2v) is 9.34. The highest BCUT2D eigenvalue weighted by molar-refractivity contribution is 5.83. The molecule has 0 saturated carbocycles. The summed E-state index contributed by atoms with van der Waals surface area (Å²) < 4.78 is 46.5. The van der Waals surface area contributed by atoms with Gasteiger partial charge in [0.15, 0.2) is 5.76 Å². The Bertz CT molecular complexity index is 1390. The largest absolute Gasteiger partial charge is 0.480 e. The van der Waals surface area contributed by atoms with E-state index in [1.807, 2.05) is 13.8 Å². The fourth-order valence-corrected chi connectivity index (χ4v) is 3.94. The van der Waals surface area contributed by atoms with Gasteiger partial charge in [-0.05, 0) is 49.4 Å². The van der Waals surface area contributed by atoms with Gasteiger partial charge in [0.2, 0.25) is 5.95 Å². The lowest BCUT2D eigenvalue weighted by Crippen LogP contribution is -2.31. The third kappa shape index (κ3) is 6.28. The highest BCUT2D eigenvalue weighted by Crippen LogP contribution is 2.34. The number of aliphatic carboxylic acids is 1. The number of hydrogen-bond donors (Lipinski definition) is 2. The lowest BCUT2D eigenvalue weighted by Gasteiger charge is -2.18. The molecule has 3 heterocycles. The van der Waals surface area contributed by atoms with Gasteiger partial charge in [0.25, 0.3) is 0 Å². The molecule has 0 aliphatic rings. The first kappa shape index (κ1) is 26.2. The average Bonchev–Trinajstić information content (AvgIpc) is 3.48. The summed E-state index contributed by atoms with van der Waals surface area (Å²) in [5.74, 6) is 0.187. The summed E-state index contributed by atoms with van der Waals surface area (Å²) in [7, 11) is 0. The predicted octanol–water partition coefficient (Wildman–Crippen LogP) is 6.35. The maximum absolute atomic E-state index is 13.1. The average molecular weight is 516 g/mol. The highest BCUT2D eigenvalue weighted by atomic mass is 19.4. The highest BCUT2D eigenvalue weighted by Gasteiger charge is 2.31. The molecule has 2 N–H and O–H groups in total. The van der Waals surface area contributed by atoms with Crippen molar-refractivity contribution in [3.8, 4) is 17.4 Å². The molecule has 1 unspecified atom stereocenters. The van der Waals surface area contributed by atoms with Gasteiger partial charge in [-0.1, -0.05) is 27.2 Å². The number of alkyl halides is 3. The molecule has 0 fully saturated rings. The Kier molecular flexibility index (Phi) is 7.51. The Morgan fingerprint density at radius 2 is 1.97 bits per heavy atom. The summed E-state index contributed by atoms with van der Waals surface area (Å²) in [4.78, 5) is 25.2. The number of furan rings is 1. The van der Waals surface area contributed by atoms with E-state index in [2.05, 4.69) is 27.2 Å². The zero-order chi connectivity index (χ0) is 26.7. The van der Waals surface area contributed by atoms with E-state index in [4.69, 9.17) is 4.42 Å². The molecule has 0 saturated heterocycles. The number of carboxylic acid groups (broad SMARTS) is 1. The number of imidazole rings is 1. The maximum atomic E-state index is 13.1. The smallest absolute Gasteiger partial charge is 0.416 e. The molecule has 1 atom stereocenters. The van der Waals surface area contributed by atoms with Gasteiger partial charge >= 0.3 is 12.1 Å². The van der Waals surface area contributed by atoms with Crippen molar-refractivity contribution in [2.45, 2.75) is 58.7 Å². The van der Waals surface area contributed by atoms with Crippen LogP contribution in [0.1, 0.15) is 51.3 Å². The molecule has 0 radical (unpaired) electrons. The third-order valence-corrected chi connectivity index (χ3v) is 5.79. The van der Waals surface area contributed by atoms with Crippen molar-refractivity contribution in [3.05, 3.63) is 54.1 Å². The first-order valence-corrected chi connectivity index (χ1v) is 12.1. The number of carbonyl (C=O) groups is 1. The number of nitrogens with one attached hydrogen (secondary N) is 1. The van der Waals surface area contributed by atoms with Crippen molar-refractivity contribution in [1.82, 2.24) is 19.5 Å². The van der Waals surface area contributed by atoms with Crippen molar-refractivity contribution in [2.24, 2.45) is 5.92 Å². The molecule has 0 amide bonds. The van der Waals surface area contributed by atoms with E-state index < -0.39 is 23.8 Å². The lowest BCUT2D eigenvalue weighted by atomic mass is 10.0. The van der Waals surface area contributed by atoms with Gasteiger partial charge in [-0.25, -0.2) is 14.8 Å². The molecular formula is C26H28F3N5O3. The van der Waals surface area contributed by atoms with Crippen molar-refractivity contribution in [2.75, 3.05) is 5.32 Å². The fraction of sp³-hybridized carbons (Fsp3) is 0.385. The standard InChI is InChI=1S/C26H28F3N5O3/c1-4-5-6-18-12-23(32-19(24(35)36)9-15(2)3)33-25(31-18)34-13-20(30-14-34)22-11-16-10-17(26(27,28)29)7-8-21(16)37-22/h7-8,10-15,19H,4-6,9H2,1-3H3,(H,35,36)(H,31,32,33). The Hall–Kier alpha value is -3.89. The Balaban J connectivity index is 1.66. The van der Waals surface area contributed by atoms with E-state index in [1.54, 1.807) is 16.8 Å². The second-order valence-electron chi connectivity index (χ2n) is 9.34. The van der Waals surface area contributed by atoms with Gasteiger partial charge in [-0.15, -0.1) is 0 Å². The van der Waals surface area contributed by atoms with Gasteiger partial charge in [-0.2, -0.15) is 18.2 Å². The van der Waals surface area contributed by atoms with Crippen molar-refractivity contribution in [1.29, 1.82) is 0 Å². The fourth-order valence-electron chi connectivity index (χ4n) is 3.94. The van der Waals surface area contributed by atoms with Crippen molar-refractivity contribution < 1.29 is 27.5 Å². The van der Waals surface area contributed by atoms with Crippen LogP contribution in [0.2, 0.25) is 0 Å². The minimum atomic E-state index is -4.45. The molecule has 196 valence electrons. The third-order valence-electron chi connectivity index (χ3n) is 5.79. The summed E-state index contributed by atoms with van der Waals surface area (Å²) in [6.07, 6.45) is 1.63. The quantitative estimate of drug-likeness (QED) is 0.254. The van der Waals surface area contributed by atoms with Crippen LogP contribution in [0, 0.1) is 5.92 Å². The summed E-state index contributed by atoms with van der Waals surface area (Å²) in [5.41, 5.74) is 0.700. The molecule has 3 aromatic heterocycles. The lowest BCUT2D eigenvalue weighted by molar-refractivity contribution is -0.138. The number of hydrogen-bond acceptors (Lipinski definition) is 6. The molecule has 4 rings (SSSR count). The number of halogens is 3. The zero-order valence-corrected chi connectivity index (χ0v) is 20.7. The van der Waals surface area contributed by atoms with Gasteiger partial charge in [0.1, 0.15) is 29.5 Å². The number of nitrogens with zero attached hydrogens (tertiary/aromatic N) is 4. The summed E-state index contributed by atoms with van der Waals surface area (Å²) in [6.45, 7) is 5.97. The van der Waals surface area contributed by atoms with Crippen LogP contribution in [0.5, 0.6) is 0 Å². The number of fused-ring (bicyclic) bond motifs is 1. The van der Waals surface area contributed by atoms with E-state index in [0.717, 1.165) is 30.7 Å². The van der Waals surface area contributed by atoms with Gasteiger partial charge < -0.3 is 14.8 Å². The van der Waals surface area contributed by atoms with E-state index in [-0.39, 0.29) is 5.92 Å². The number of benzene rings is 1.